The van der Waals surface area contributed by atoms with Crippen LogP contribution in [0.4, 0.5) is 4.39 Å². The summed E-state index contributed by atoms with van der Waals surface area (Å²) in [5, 5.41) is 3.41. The van der Waals surface area contributed by atoms with Crippen LogP contribution in [-0.4, -0.2) is 31.1 Å². The first-order valence-electron chi connectivity index (χ1n) is 8.04. The van der Waals surface area contributed by atoms with E-state index in [2.05, 4.69) is 16.8 Å². The lowest BCUT2D eigenvalue weighted by molar-refractivity contribution is 0.162. The van der Waals surface area contributed by atoms with Gasteiger partial charge in [0.15, 0.2) is 0 Å². The normalized spacial score (nSPS) is 16.8. The number of benzene rings is 1. The number of nitrogens with zero attached hydrogens (tertiary/aromatic N) is 1. The SMILES string of the molecule is C=CCCCC[C@H](c1ccc(F)cc1C)N1CCNCC1.Cl. The zero-order valence-corrected chi connectivity index (χ0v) is 14.3. The van der Waals surface area contributed by atoms with Crippen LogP contribution in [0.2, 0.25) is 0 Å². The summed E-state index contributed by atoms with van der Waals surface area (Å²) < 4.78 is 13.4. The first-order chi connectivity index (χ1) is 10.2. The molecule has 2 rings (SSSR count). The van der Waals surface area contributed by atoms with E-state index in [0.29, 0.717) is 6.04 Å². The van der Waals surface area contributed by atoms with Crippen LogP contribution >= 0.6 is 12.4 Å². The molecule has 1 aliphatic heterocycles. The van der Waals surface area contributed by atoms with Gasteiger partial charge in [-0.2, -0.15) is 0 Å². The Morgan fingerprint density at radius 1 is 1.32 bits per heavy atom. The van der Waals surface area contributed by atoms with Crippen molar-refractivity contribution in [1.82, 2.24) is 10.2 Å². The molecule has 22 heavy (non-hydrogen) atoms. The summed E-state index contributed by atoms with van der Waals surface area (Å²) in [4.78, 5) is 2.55. The first kappa shape index (κ1) is 19.1. The fourth-order valence-corrected chi connectivity index (χ4v) is 3.17. The van der Waals surface area contributed by atoms with Crippen LogP contribution in [0.15, 0.2) is 30.9 Å². The molecule has 1 aliphatic rings. The monoisotopic (exact) mass is 326 g/mol. The van der Waals surface area contributed by atoms with Crippen molar-refractivity contribution in [2.24, 2.45) is 0 Å². The van der Waals surface area contributed by atoms with Gasteiger partial charge in [0.25, 0.3) is 0 Å². The fraction of sp³-hybridized carbons (Fsp3) is 0.556. The van der Waals surface area contributed by atoms with E-state index in [4.69, 9.17) is 0 Å². The number of aryl methyl sites for hydroxylation is 1. The molecule has 1 fully saturated rings. The van der Waals surface area contributed by atoms with E-state index in [1.807, 2.05) is 19.1 Å². The molecule has 0 amide bonds. The quantitative estimate of drug-likeness (QED) is 0.595. The molecule has 1 aromatic rings. The second-order valence-corrected chi connectivity index (χ2v) is 5.88. The average molecular weight is 327 g/mol. The summed E-state index contributed by atoms with van der Waals surface area (Å²) in [5.74, 6) is -0.137. The van der Waals surface area contributed by atoms with Crippen LogP contribution in [-0.2, 0) is 0 Å². The standard InChI is InChI=1S/C18H27FN2.ClH/c1-3-4-5-6-7-18(21-12-10-20-11-13-21)17-9-8-16(19)14-15(17)2;/h3,8-9,14,18,20H,1,4-7,10-13H2,2H3;1H/t18-;/m1./s1. The molecule has 0 aliphatic carbocycles. The third kappa shape index (κ3) is 5.38. The van der Waals surface area contributed by atoms with Crippen LogP contribution in [0.1, 0.15) is 42.9 Å². The highest BCUT2D eigenvalue weighted by atomic mass is 35.5. The minimum Gasteiger partial charge on any atom is -0.314 e. The summed E-state index contributed by atoms with van der Waals surface area (Å²) in [5.41, 5.74) is 2.36. The van der Waals surface area contributed by atoms with Crippen molar-refractivity contribution in [2.45, 2.75) is 38.6 Å². The molecule has 1 heterocycles. The smallest absolute Gasteiger partial charge is 0.123 e. The third-order valence-electron chi connectivity index (χ3n) is 4.32. The Morgan fingerprint density at radius 2 is 2.05 bits per heavy atom. The zero-order valence-electron chi connectivity index (χ0n) is 13.5. The van der Waals surface area contributed by atoms with Crippen LogP contribution in [0.25, 0.3) is 0 Å². The van der Waals surface area contributed by atoms with Gasteiger partial charge in [-0.05, 0) is 49.4 Å². The van der Waals surface area contributed by atoms with Gasteiger partial charge in [0.05, 0.1) is 0 Å². The molecule has 4 heteroatoms. The van der Waals surface area contributed by atoms with Crippen LogP contribution in [0, 0.1) is 12.7 Å². The first-order valence-corrected chi connectivity index (χ1v) is 8.04. The lowest BCUT2D eigenvalue weighted by atomic mass is 9.94. The van der Waals surface area contributed by atoms with E-state index in [9.17, 15) is 4.39 Å². The molecule has 124 valence electrons. The van der Waals surface area contributed by atoms with E-state index in [1.54, 1.807) is 12.1 Å². The molecule has 1 aromatic carbocycles. The number of hydrogen-bond donors (Lipinski definition) is 1. The largest absolute Gasteiger partial charge is 0.314 e. The Kier molecular flexibility index (Phi) is 8.69. The van der Waals surface area contributed by atoms with Crippen molar-refractivity contribution in [3.05, 3.63) is 47.8 Å². The van der Waals surface area contributed by atoms with Gasteiger partial charge in [-0.15, -0.1) is 19.0 Å². The molecule has 1 atom stereocenters. The van der Waals surface area contributed by atoms with E-state index in [-0.39, 0.29) is 18.2 Å². The molecule has 0 saturated carbocycles. The average Bonchev–Trinajstić information content (AvgIpc) is 2.49. The van der Waals surface area contributed by atoms with Gasteiger partial charge in [-0.1, -0.05) is 18.6 Å². The Morgan fingerprint density at radius 3 is 2.68 bits per heavy atom. The Labute approximate surface area is 140 Å². The van der Waals surface area contributed by atoms with Gasteiger partial charge in [-0.3, -0.25) is 4.90 Å². The van der Waals surface area contributed by atoms with Crippen molar-refractivity contribution >= 4 is 12.4 Å². The van der Waals surface area contributed by atoms with Gasteiger partial charge in [-0.25, -0.2) is 4.39 Å². The van der Waals surface area contributed by atoms with Crippen LogP contribution in [0.3, 0.4) is 0 Å². The molecule has 0 radical (unpaired) electrons. The topological polar surface area (TPSA) is 15.3 Å². The summed E-state index contributed by atoms with van der Waals surface area (Å²) in [6.07, 6.45) is 6.59. The van der Waals surface area contributed by atoms with Crippen molar-refractivity contribution < 1.29 is 4.39 Å². The highest BCUT2D eigenvalue weighted by molar-refractivity contribution is 5.85. The Hall–Kier alpha value is -0.900. The van der Waals surface area contributed by atoms with Crippen LogP contribution in [0.5, 0.6) is 0 Å². The zero-order chi connectivity index (χ0) is 15.1. The second kappa shape index (κ2) is 9.98. The molecule has 2 nitrogen and oxygen atoms in total. The number of nitrogens with one attached hydrogen (secondary N) is 1. The maximum atomic E-state index is 13.4. The Balaban J connectivity index is 0.00000242. The third-order valence-corrected chi connectivity index (χ3v) is 4.32. The number of allylic oxidation sites excluding steroid dienone is 1. The molecular weight excluding hydrogens is 299 g/mol. The van der Waals surface area contributed by atoms with Crippen molar-refractivity contribution in [1.29, 1.82) is 0 Å². The van der Waals surface area contributed by atoms with Gasteiger partial charge in [0, 0.05) is 32.2 Å². The fourth-order valence-electron chi connectivity index (χ4n) is 3.17. The number of rotatable bonds is 7. The van der Waals surface area contributed by atoms with E-state index < -0.39 is 0 Å². The molecule has 0 spiro atoms. The number of unbranched alkanes of at least 4 members (excludes halogenated alkanes) is 2. The van der Waals surface area contributed by atoms with Crippen molar-refractivity contribution in [3.8, 4) is 0 Å². The molecule has 0 aromatic heterocycles. The highest BCUT2D eigenvalue weighted by Gasteiger charge is 2.23. The Bertz CT molecular complexity index is 458. The predicted molar refractivity (Wildman–Crippen MR) is 94.2 cm³/mol. The lowest BCUT2D eigenvalue weighted by Crippen LogP contribution is -2.45. The molecule has 0 unspecified atom stereocenters. The summed E-state index contributed by atoms with van der Waals surface area (Å²) in [6.45, 7) is 10.0. The predicted octanol–water partition coefficient (Wildman–Crippen LogP) is 4.25. The number of halogens is 2. The molecule has 0 bridgehead atoms. The minimum atomic E-state index is -0.137. The second-order valence-electron chi connectivity index (χ2n) is 5.88. The van der Waals surface area contributed by atoms with Gasteiger partial charge >= 0.3 is 0 Å². The van der Waals surface area contributed by atoms with E-state index in [0.717, 1.165) is 44.6 Å². The van der Waals surface area contributed by atoms with Gasteiger partial charge < -0.3 is 5.32 Å². The molecule has 1 N–H and O–H groups in total. The summed E-state index contributed by atoms with van der Waals surface area (Å²) >= 11 is 0. The van der Waals surface area contributed by atoms with Gasteiger partial charge in [0.2, 0.25) is 0 Å². The van der Waals surface area contributed by atoms with Gasteiger partial charge in [0.1, 0.15) is 5.82 Å². The number of hydrogen-bond acceptors (Lipinski definition) is 2. The minimum absolute atomic E-state index is 0. The lowest BCUT2D eigenvalue weighted by Gasteiger charge is -2.36. The van der Waals surface area contributed by atoms with Crippen LogP contribution < -0.4 is 5.32 Å². The van der Waals surface area contributed by atoms with E-state index in [1.165, 1.54) is 18.4 Å². The highest BCUT2D eigenvalue weighted by Crippen LogP contribution is 2.29. The maximum absolute atomic E-state index is 13.4. The molecular formula is C18H28ClFN2. The maximum Gasteiger partial charge on any atom is 0.123 e. The summed E-state index contributed by atoms with van der Waals surface area (Å²) in [7, 11) is 0. The van der Waals surface area contributed by atoms with E-state index >= 15 is 0 Å². The van der Waals surface area contributed by atoms with Crippen molar-refractivity contribution in [2.75, 3.05) is 26.2 Å². The number of piperazine rings is 1. The summed E-state index contributed by atoms with van der Waals surface area (Å²) in [6, 6.07) is 5.65. The molecule has 1 saturated heterocycles. The van der Waals surface area contributed by atoms with Crippen molar-refractivity contribution in [3.63, 3.8) is 0 Å².